The average molecular weight is 250 g/mol. The molecule has 6 heteroatoms. The molecule has 6 nitrogen and oxygen atoms in total. The van der Waals surface area contributed by atoms with Crippen molar-refractivity contribution < 1.29 is 14.3 Å². The molecule has 0 atom stereocenters. The van der Waals surface area contributed by atoms with Crippen molar-refractivity contribution in [2.24, 2.45) is 0 Å². The van der Waals surface area contributed by atoms with Gasteiger partial charge in [-0.2, -0.15) is 0 Å². The van der Waals surface area contributed by atoms with Gasteiger partial charge in [0.2, 0.25) is 0 Å². The van der Waals surface area contributed by atoms with Gasteiger partial charge < -0.3 is 14.8 Å². The maximum atomic E-state index is 11.1. The number of aromatic nitrogens is 1. The van der Waals surface area contributed by atoms with Gasteiger partial charge in [0.15, 0.2) is 5.58 Å². The molecule has 3 N–H and O–H groups in total. The number of aromatic amines is 1. The number of amides is 1. The number of nitrogens with one attached hydrogen (secondary N) is 2. The van der Waals surface area contributed by atoms with Gasteiger partial charge in [-0.3, -0.25) is 4.98 Å². The number of carboxylic acid groups (broad SMARTS) is 1. The van der Waals surface area contributed by atoms with Crippen LogP contribution in [0.3, 0.4) is 0 Å². The molecule has 2 aromatic rings. The molecule has 0 bridgehead atoms. The molecule has 0 spiro atoms. The highest BCUT2D eigenvalue weighted by molar-refractivity contribution is 5.73. The van der Waals surface area contributed by atoms with Crippen LogP contribution in [0.2, 0.25) is 0 Å². The highest BCUT2D eigenvalue weighted by Crippen LogP contribution is 2.25. The van der Waals surface area contributed by atoms with Gasteiger partial charge in [-0.05, 0) is 17.7 Å². The third-order valence-electron chi connectivity index (χ3n) is 2.88. The largest absolute Gasteiger partial charge is 0.465 e. The molecule has 0 saturated carbocycles. The fraction of sp³-hybridized carbons (Fsp3) is 0.333. The van der Waals surface area contributed by atoms with Gasteiger partial charge in [-0.1, -0.05) is 19.9 Å². The van der Waals surface area contributed by atoms with Crippen molar-refractivity contribution in [3.8, 4) is 0 Å². The number of fused-ring (bicyclic) bond motifs is 1. The topological polar surface area (TPSA) is 95.3 Å². The lowest BCUT2D eigenvalue weighted by Crippen LogP contribution is -2.35. The van der Waals surface area contributed by atoms with Crippen LogP contribution in [0.5, 0.6) is 0 Å². The zero-order valence-corrected chi connectivity index (χ0v) is 10.1. The van der Waals surface area contributed by atoms with E-state index in [4.69, 9.17) is 9.52 Å². The molecule has 0 radical (unpaired) electrons. The second-order valence-corrected chi connectivity index (χ2v) is 4.77. The molecule has 96 valence electrons. The third kappa shape index (κ3) is 2.37. The molecule has 1 aromatic carbocycles. The molecular formula is C12H14N2O4. The summed E-state index contributed by atoms with van der Waals surface area (Å²) in [6.07, 6.45) is -1.05. The molecule has 0 aliphatic rings. The fourth-order valence-electron chi connectivity index (χ4n) is 1.77. The average Bonchev–Trinajstić information content (AvgIpc) is 2.65. The van der Waals surface area contributed by atoms with Gasteiger partial charge in [0.25, 0.3) is 0 Å². The second kappa shape index (κ2) is 4.21. The Balaban J connectivity index is 2.34. The van der Waals surface area contributed by atoms with Crippen LogP contribution in [-0.4, -0.2) is 22.7 Å². The van der Waals surface area contributed by atoms with E-state index >= 15 is 0 Å². The lowest BCUT2D eigenvalue weighted by atomic mass is 9.84. The summed E-state index contributed by atoms with van der Waals surface area (Å²) >= 11 is 0. The van der Waals surface area contributed by atoms with Crippen LogP contribution in [0.15, 0.2) is 27.4 Å². The third-order valence-corrected chi connectivity index (χ3v) is 2.88. The molecule has 0 saturated heterocycles. The van der Waals surface area contributed by atoms with Crippen molar-refractivity contribution in [3.05, 3.63) is 34.3 Å². The molecule has 1 amide bonds. The number of H-pyrrole nitrogens is 1. The number of hydrogen-bond acceptors (Lipinski definition) is 3. The Morgan fingerprint density at radius 2 is 2.22 bits per heavy atom. The van der Waals surface area contributed by atoms with Gasteiger partial charge in [0.05, 0.1) is 5.52 Å². The van der Waals surface area contributed by atoms with Crippen molar-refractivity contribution in [2.75, 3.05) is 6.54 Å². The second-order valence-electron chi connectivity index (χ2n) is 4.77. The normalized spacial score (nSPS) is 11.7. The molecule has 0 unspecified atom stereocenters. The molecule has 2 rings (SSSR count). The minimum atomic E-state index is -1.05. The van der Waals surface area contributed by atoms with E-state index in [1.54, 1.807) is 12.1 Å². The Morgan fingerprint density at radius 3 is 2.89 bits per heavy atom. The summed E-state index contributed by atoms with van der Waals surface area (Å²) in [5.74, 6) is -0.497. The molecular weight excluding hydrogens is 236 g/mol. The summed E-state index contributed by atoms with van der Waals surface area (Å²) < 4.78 is 4.91. The van der Waals surface area contributed by atoms with Crippen LogP contribution in [0.25, 0.3) is 11.1 Å². The Hall–Kier alpha value is -2.24. The number of oxazole rings is 1. The highest BCUT2D eigenvalue weighted by Gasteiger charge is 2.22. The van der Waals surface area contributed by atoms with E-state index in [-0.39, 0.29) is 12.0 Å². The Kier molecular flexibility index (Phi) is 2.86. The maximum Gasteiger partial charge on any atom is 0.417 e. The number of hydrogen-bond donors (Lipinski definition) is 3. The number of rotatable bonds is 3. The first-order valence-corrected chi connectivity index (χ1v) is 5.49. The molecule has 0 fully saturated rings. The minimum Gasteiger partial charge on any atom is -0.465 e. The van der Waals surface area contributed by atoms with Crippen LogP contribution in [0.4, 0.5) is 4.79 Å². The lowest BCUT2D eigenvalue weighted by molar-refractivity contribution is 0.192. The Bertz CT molecular complexity index is 639. The Morgan fingerprint density at radius 1 is 1.50 bits per heavy atom. The van der Waals surface area contributed by atoms with E-state index in [0.717, 1.165) is 5.56 Å². The molecule has 0 aliphatic heterocycles. The molecule has 0 aliphatic carbocycles. The Labute approximate surface area is 103 Å². The standard InChI is InChI=1S/C12H14N2O4/c1-12(2,6-13-10(15)16)7-3-4-9-8(5-7)14-11(17)18-9/h3-5,13H,6H2,1-2H3,(H,14,17)(H,15,16). The summed E-state index contributed by atoms with van der Waals surface area (Å²) in [6.45, 7) is 4.13. The van der Waals surface area contributed by atoms with Crippen LogP contribution in [0.1, 0.15) is 19.4 Å². The summed E-state index contributed by atoms with van der Waals surface area (Å²) in [7, 11) is 0. The predicted octanol–water partition coefficient (Wildman–Crippen LogP) is 1.67. The first kappa shape index (κ1) is 12.2. The van der Waals surface area contributed by atoms with Crippen molar-refractivity contribution in [3.63, 3.8) is 0 Å². The summed E-state index contributed by atoms with van der Waals surface area (Å²) in [5.41, 5.74) is 1.65. The molecule has 1 heterocycles. The van der Waals surface area contributed by atoms with Crippen molar-refractivity contribution in [1.82, 2.24) is 10.3 Å². The van der Waals surface area contributed by atoms with Crippen LogP contribution < -0.4 is 11.1 Å². The zero-order valence-electron chi connectivity index (χ0n) is 10.1. The van der Waals surface area contributed by atoms with Gasteiger partial charge >= 0.3 is 11.8 Å². The smallest absolute Gasteiger partial charge is 0.417 e. The minimum absolute atomic E-state index is 0.288. The highest BCUT2D eigenvalue weighted by atomic mass is 16.4. The van der Waals surface area contributed by atoms with Gasteiger partial charge in [-0.25, -0.2) is 9.59 Å². The van der Waals surface area contributed by atoms with E-state index in [1.807, 2.05) is 19.9 Å². The molecule has 1 aromatic heterocycles. The van der Waals surface area contributed by atoms with E-state index in [2.05, 4.69) is 10.3 Å². The van der Waals surface area contributed by atoms with E-state index in [0.29, 0.717) is 11.1 Å². The zero-order chi connectivity index (χ0) is 13.3. The summed E-state index contributed by atoms with van der Waals surface area (Å²) in [4.78, 5) is 24.1. The maximum absolute atomic E-state index is 11.1. The first-order valence-electron chi connectivity index (χ1n) is 5.49. The van der Waals surface area contributed by atoms with Crippen molar-refractivity contribution in [2.45, 2.75) is 19.3 Å². The summed E-state index contributed by atoms with van der Waals surface area (Å²) in [6, 6.07) is 5.32. The summed E-state index contributed by atoms with van der Waals surface area (Å²) in [5, 5.41) is 11.0. The van der Waals surface area contributed by atoms with Gasteiger partial charge in [-0.15, -0.1) is 0 Å². The lowest BCUT2D eigenvalue weighted by Gasteiger charge is -2.24. The quantitative estimate of drug-likeness (QED) is 0.772. The van der Waals surface area contributed by atoms with Crippen LogP contribution in [-0.2, 0) is 5.41 Å². The van der Waals surface area contributed by atoms with E-state index in [9.17, 15) is 9.59 Å². The van der Waals surface area contributed by atoms with Gasteiger partial charge in [0.1, 0.15) is 0 Å². The van der Waals surface area contributed by atoms with E-state index < -0.39 is 11.8 Å². The van der Waals surface area contributed by atoms with Crippen molar-refractivity contribution >= 4 is 17.2 Å². The first-order chi connectivity index (χ1) is 8.38. The number of benzene rings is 1. The van der Waals surface area contributed by atoms with Crippen molar-refractivity contribution in [1.29, 1.82) is 0 Å². The predicted molar refractivity (Wildman–Crippen MR) is 65.9 cm³/mol. The number of carbonyl (C=O) groups is 1. The van der Waals surface area contributed by atoms with Crippen LogP contribution in [0, 0.1) is 0 Å². The molecule has 18 heavy (non-hydrogen) atoms. The monoisotopic (exact) mass is 250 g/mol. The van der Waals surface area contributed by atoms with E-state index in [1.165, 1.54) is 0 Å². The van der Waals surface area contributed by atoms with Crippen LogP contribution >= 0.6 is 0 Å². The van der Waals surface area contributed by atoms with Gasteiger partial charge in [0, 0.05) is 12.0 Å². The fourth-order valence-corrected chi connectivity index (χ4v) is 1.77. The SMILES string of the molecule is CC(C)(CNC(=O)O)c1ccc2oc(=O)[nH]c2c1.